The fraction of sp³-hybridized carbons (Fsp3) is 0.500. The average Bonchev–Trinajstić information content (AvgIpc) is 1.63. The zero-order chi connectivity index (χ0) is 75.1. The van der Waals surface area contributed by atoms with Crippen molar-refractivity contribution in [3.8, 4) is 0 Å². The van der Waals surface area contributed by atoms with Gasteiger partial charge in [-0.15, -0.1) is 0 Å². The normalized spacial score (nSPS) is 30.8. The quantitative estimate of drug-likeness (QED) is 0.0139. The number of H-pyrrole nitrogens is 2. The van der Waals surface area contributed by atoms with E-state index in [1.165, 1.54) is 46.8 Å². The molecule has 4 unspecified atom stereocenters. The number of aliphatic hydroxyl groups excluding tert-OH is 5. The maximum Gasteiger partial charge on any atom is 0.472 e. The Balaban J connectivity index is 0.715. The number of imidazole rings is 2. The summed E-state index contributed by atoms with van der Waals surface area (Å²) in [5, 5.41) is 67.9. The zero-order valence-electron chi connectivity index (χ0n) is 53.5. The summed E-state index contributed by atoms with van der Waals surface area (Å²) < 4.78 is 134. The number of anilines is 3. The third-order valence-corrected chi connectivity index (χ3v) is 21.3. The molecule has 0 amide bonds. The molecular formula is C52H63N17O32P4. The SMILES string of the molecule is Cc1cn([C@H]2C[C@H](OP(=O)(O)OC[C@H]3O[C@@H](n4ccc5cccc([N+](=O)[O-])c54)C[C@@H]3OP(=O)(O)OC[C@H]3O[C@@H](n4ccc(N)nc4=O)[C@H](O)[C@@H]3OP(=O)(O)OC[C@H]3O[C@@H](n4cnc5c(=O)[nH]c(N)nc54)[C@H](O)[C@@H]3O)[C@@H](COP(=O)(O)O[C@H]3[C@@H](O)[C@H](n4cnc5c(N)ncnc54)O[C@@H]3CO)O2)c(=O)[nH]c1=O. The number of aromatic amines is 2. The third kappa shape index (κ3) is 15.5. The monoisotopic (exact) mass is 1560 g/mol. The van der Waals surface area contributed by atoms with Crippen molar-refractivity contribution in [3.05, 3.63) is 125 Å². The van der Waals surface area contributed by atoms with Gasteiger partial charge in [-0.2, -0.15) is 9.97 Å². The number of nitrogens with two attached hydrogens (primary N) is 3. The molecule has 17 N–H and O–H groups in total. The highest BCUT2D eigenvalue weighted by molar-refractivity contribution is 7.48. The Labute approximate surface area is 582 Å². The average molecular weight is 1560 g/mol. The number of aromatic nitrogens is 13. The number of nitrogen functional groups attached to an aromatic ring is 3. The number of rotatable bonds is 27. The number of hydrogen-bond acceptors (Lipinski definition) is 37. The van der Waals surface area contributed by atoms with E-state index in [0.29, 0.717) is 9.95 Å². The first-order chi connectivity index (χ1) is 49.7. The number of hydrogen-bond donors (Lipinski definition) is 14. The van der Waals surface area contributed by atoms with Crippen LogP contribution >= 0.6 is 31.3 Å². The van der Waals surface area contributed by atoms with Gasteiger partial charge in [0.2, 0.25) is 5.95 Å². The van der Waals surface area contributed by atoms with Gasteiger partial charge in [-0.05, 0) is 19.1 Å². The summed E-state index contributed by atoms with van der Waals surface area (Å²) in [7, 11) is -22.4. The van der Waals surface area contributed by atoms with Crippen LogP contribution in [0.25, 0.3) is 33.2 Å². The fourth-order valence-electron chi connectivity index (χ4n) is 12.4. The minimum absolute atomic E-state index is 0.0239. The van der Waals surface area contributed by atoms with E-state index in [1.807, 2.05) is 0 Å². The molecule has 1 aromatic carbocycles. The molecule has 22 atom stereocenters. The Kier molecular flexibility index (Phi) is 21.0. The number of nitro groups is 1. The number of nitro benzene ring substituents is 1. The number of benzene rings is 1. The molecule has 49 nitrogen and oxygen atoms in total. The summed E-state index contributed by atoms with van der Waals surface area (Å²) in [5.74, 6) is -0.686. The molecule has 568 valence electrons. The van der Waals surface area contributed by atoms with Crippen LogP contribution in [0.15, 0.2) is 87.1 Å². The van der Waals surface area contributed by atoms with Crippen molar-refractivity contribution in [2.75, 3.05) is 50.2 Å². The second-order valence-electron chi connectivity index (χ2n) is 24.1. The van der Waals surface area contributed by atoms with Gasteiger partial charge in [0.05, 0.1) is 50.6 Å². The first kappa shape index (κ1) is 75.3. The zero-order valence-corrected chi connectivity index (χ0v) is 57.1. The molecule has 0 radical (unpaired) electrons. The smallest absolute Gasteiger partial charge is 0.394 e. The lowest BCUT2D eigenvalue weighted by Gasteiger charge is -2.26. The van der Waals surface area contributed by atoms with Crippen molar-refractivity contribution in [1.82, 2.24) is 62.7 Å². The molecule has 7 aromatic heterocycles. The van der Waals surface area contributed by atoms with Gasteiger partial charge in [0.25, 0.3) is 16.8 Å². The number of para-hydroxylation sites is 1. The van der Waals surface area contributed by atoms with E-state index in [4.69, 9.17) is 77.1 Å². The van der Waals surface area contributed by atoms with Crippen molar-refractivity contribution >= 4 is 87.8 Å². The minimum Gasteiger partial charge on any atom is -0.394 e. The van der Waals surface area contributed by atoms with Crippen LogP contribution in [0.5, 0.6) is 0 Å². The van der Waals surface area contributed by atoms with E-state index in [2.05, 4.69) is 39.9 Å². The predicted octanol–water partition coefficient (Wildman–Crippen LogP) is -2.90. The Morgan fingerprint density at radius 1 is 0.590 bits per heavy atom. The molecule has 0 spiro atoms. The van der Waals surface area contributed by atoms with Crippen molar-refractivity contribution in [3.63, 3.8) is 0 Å². The maximum atomic E-state index is 14.3. The van der Waals surface area contributed by atoms with Crippen LogP contribution in [0, 0.1) is 17.0 Å². The Morgan fingerprint density at radius 3 is 1.74 bits per heavy atom. The molecule has 13 rings (SSSR count). The highest BCUT2D eigenvalue weighted by atomic mass is 31.2. The molecule has 0 saturated carbocycles. The van der Waals surface area contributed by atoms with Crippen LogP contribution in [0.4, 0.5) is 23.3 Å². The van der Waals surface area contributed by atoms with Crippen LogP contribution in [-0.2, 0) is 78.1 Å². The van der Waals surface area contributed by atoms with E-state index in [9.17, 15) is 92.7 Å². The van der Waals surface area contributed by atoms with Gasteiger partial charge >= 0.3 is 42.7 Å². The van der Waals surface area contributed by atoms with Gasteiger partial charge < -0.3 is 90.6 Å². The number of nitrogens with zero attached hydrogens (tertiary/aromatic N) is 12. The number of ether oxygens (including phenoxy) is 5. The van der Waals surface area contributed by atoms with Gasteiger partial charge in [-0.1, -0.05) is 12.1 Å². The van der Waals surface area contributed by atoms with Gasteiger partial charge in [0.1, 0.15) is 115 Å². The molecule has 5 fully saturated rings. The van der Waals surface area contributed by atoms with Crippen molar-refractivity contribution < 1.29 is 128 Å². The Morgan fingerprint density at radius 2 is 1.12 bits per heavy atom. The second-order valence-corrected chi connectivity index (χ2v) is 29.8. The second kappa shape index (κ2) is 29.3. The lowest BCUT2D eigenvalue weighted by molar-refractivity contribution is -0.383. The van der Waals surface area contributed by atoms with Crippen LogP contribution in [0.2, 0.25) is 0 Å². The number of aryl methyl sites for hydroxylation is 1. The third-order valence-electron chi connectivity index (χ3n) is 17.3. The van der Waals surface area contributed by atoms with E-state index in [1.54, 1.807) is 0 Å². The summed E-state index contributed by atoms with van der Waals surface area (Å²) in [6.45, 7) is -4.14. The maximum absolute atomic E-state index is 14.3. The Bertz CT molecular complexity index is 5080. The number of aliphatic hydroxyl groups is 5. The number of fused-ring (bicyclic) bond motifs is 3. The van der Waals surface area contributed by atoms with Gasteiger partial charge in [-0.3, -0.25) is 84.1 Å². The van der Waals surface area contributed by atoms with Crippen molar-refractivity contribution in [2.45, 2.75) is 130 Å². The Hall–Kier alpha value is -7.94. The minimum atomic E-state index is -5.69. The highest BCUT2D eigenvalue weighted by Crippen LogP contribution is 2.55. The molecule has 0 bridgehead atoms. The van der Waals surface area contributed by atoms with Crippen LogP contribution in [-0.4, -0.2) is 225 Å². The summed E-state index contributed by atoms with van der Waals surface area (Å²) in [6.07, 6.45) is -26.4. The van der Waals surface area contributed by atoms with Crippen molar-refractivity contribution in [2.24, 2.45) is 0 Å². The van der Waals surface area contributed by atoms with Gasteiger partial charge in [0.15, 0.2) is 41.3 Å². The summed E-state index contributed by atoms with van der Waals surface area (Å²) >= 11 is 0. The lowest BCUT2D eigenvalue weighted by atomic mass is 10.1. The molecule has 12 heterocycles. The molecule has 105 heavy (non-hydrogen) atoms. The summed E-state index contributed by atoms with van der Waals surface area (Å²) in [4.78, 5) is 136. The molecule has 5 aliphatic rings. The molecule has 8 aromatic rings. The molecular weight excluding hydrogens is 1500 g/mol. The molecule has 5 saturated heterocycles. The molecule has 5 aliphatic heterocycles. The van der Waals surface area contributed by atoms with Crippen LogP contribution in [0.1, 0.15) is 49.5 Å². The summed E-state index contributed by atoms with van der Waals surface area (Å²) in [5.41, 5.74) is 12.7. The largest absolute Gasteiger partial charge is 0.472 e. The van der Waals surface area contributed by atoms with Gasteiger partial charge in [-0.25, -0.2) is 47.8 Å². The van der Waals surface area contributed by atoms with Crippen LogP contribution in [0.3, 0.4) is 0 Å². The number of non-ortho nitro benzene ring substituents is 1. The van der Waals surface area contributed by atoms with Crippen molar-refractivity contribution in [1.29, 1.82) is 0 Å². The first-order valence-corrected chi connectivity index (χ1v) is 36.9. The fourth-order valence-corrected chi connectivity index (χ4v) is 16.3. The van der Waals surface area contributed by atoms with Crippen LogP contribution < -0.4 is 39.7 Å². The van der Waals surface area contributed by atoms with E-state index < -0.39 is 221 Å². The topological polar surface area (TPSA) is 693 Å². The highest BCUT2D eigenvalue weighted by Gasteiger charge is 2.54. The standard InChI is InChI=1S/C52H63N17O32P4/c1-20-11-66(52(78)63-45(20)75)32-10-24(27(94-32)14-90-104(85,86)100-40-25(12-70)95-49(38(40)73)67-18-58-33-42(54)56-17-57-43(33)67)99-102(81,82)89-13-26-23(9-31(93-26)64-7-5-21-3-2-4-22(35(21)64)69(79)80)98-103(83,84)92-16-29-41(39(74)48(97-29)65-8-6-30(53)60-51(65)77)101-105(87,88)91-15-28-36(71)37(72)47(96-28)68-19-59-34-44(68)61-50(55)62-46(34)76/h2-8,11,17-19,23-29,31-32,36-41,47-49,70-74H,9-10,12-16H2,1H3,(H,81,82)(H,83,84)(H,85,86)(H,87,88)(H2,53,60,77)(H2,54,56,57)(H,63,75,78)(H3,55,61,62,76)/t23-,24-,25+,26+,27+,28+,29+,31+,32+,36+,37+,38+,39+,40+,41+,47+,48+,49+/m0/s1. The first-order valence-electron chi connectivity index (χ1n) is 31.0. The number of phosphoric acid groups is 4. The number of phosphoric ester groups is 4. The summed E-state index contributed by atoms with van der Waals surface area (Å²) in [6, 6.07) is 6.61. The van der Waals surface area contributed by atoms with E-state index >= 15 is 0 Å². The molecule has 53 heteroatoms. The van der Waals surface area contributed by atoms with E-state index in [0.717, 1.165) is 46.3 Å². The predicted molar refractivity (Wildman–Crippen MR) is 342 cm³/mol. The van der Waals surface area contributed by atoms with Gasteiger partial charge in [0, 0.05) is 48.4 Å². The molecule has 0 aliphatic carbocycles. The van der Waals surface area contributed by atoms with E-state index in [-0.39, 0.29) is 51.0 Å². The lowest BCUT2D eigenvalue weighted by Crippen LogP contribution is -2.38. The number of nitrogens with one attached hydrogen (secondary N) is 2.